The first kappa shape index (κ1) is 31.0. The van der Waals surface area contributed by atoms with Gasteiger partial charge in [0.15, 0.2) is 5.96 Å². The van der Waals surface area contributed by atoms with E-state index >= 15 is 0 Å². The normalized spacial score (nSPS) is 11.0. The molecule has 9 heteroatoms. The molecule has 5 aromatic rings. The van der Waals surface area contributed by atoms with E-state index in [1.807, 2.05) is 66.7 Å². The lowest BCUT2D eigenvalue weighted by Crippen LogP contribution is -2.21. The number of para-hydroxylation sites is 1. The van der Waals surface area contributed by atoms with Crippen LogP contribution in [0, 0.1) is 5.92 Å². The first-order valence-corrected chi connectivity index (χ1v) is 14.8. The number of pyridine rings is 1. The average molecular weight is 607 g/mol. The zero-order valence-corrected chi connectivity index (χ0v) is 25.5. The largest absolute Gasteiger partial charge is 0.508 e. The molecule has 0 atom stereocenters. The Morgan fingerprint density at radius 2 is 1.53 bits per heavy atom. The number of guanidine groups is 1. The number of aromatic nitrogens is 1. The number of rotatable bonds is 13. The molecule has 0 bridgehead atoms. The predicted octanol–water partition coefficient (Wildman–Crippen LogP) is 6.24. The number of hydrogen-bond donors (Lipinski definition) is 3. The van der Waals surface area contributed by atoms with Gasteiger partial charge in [0.05, 0.1) is 24.4 Å². The number of nitrogens with zero attached hydrogens (tertiary/aromatic N) is 2. The molecule has 5 N–H and O–H groups in total. The van der Waals surface area contributed by atoms with Crippen molar-refractivity contribution in [2.45, 2.75) is 40.0 Å². The van der Waals surface area contributed by atoms with Crippen LogP contribution in [0.2, 0.25) is 0 Å². The van der Waals surface area contributed by atoms with Crippen LogP contribution in [0.4, 0.5) is 5.69 Å². The highest BCUT2D eigenvalue weighted by molar-refractivity contribution is 5.85. The maximum absolute atomic E-state index is 13.0. The molecule has 0 saturated carbocycles. The monoisotopic (exact) mass is 606 g/mol. The van der Waals surface area contributed by atoms with Gasteiger partial charge in [-0.3, -0.25) is 4.79 Å². The molecule has 0 amide bonds. The van der Waals surface area contributed by atoms with Crippen molar-refractivity contribution >= 4 is 22.5 Å². The number of aromatic hydroxyl groups is 1. The van der Waals surface area contributed by atoms with E-state index < -0.39 is 0 Å². The molecular formula is C36H38N4O5. The van der Waals surface area contributed by atoms with Crippen LogP contribution in [0.25, 0.3) is 10.9 Å². The van der Waals surface area contributed by atoms with Crippen molar-refractivity contribution in [2.75, 3.05) is 6.61 Å². The summed E-state index contributed by atoms with van der Waals surface area (Å²) in [6.07, 6.45) is 0.918. The number of phenols is 1. The lowest BCUT2D eigenvalue weighted by Gasteiger charge is -2.16. The third kappa shape index (κ3) is 8.57. The van der Waals surface area contributed by atoms with Crippen molar-refractivity contribution in [1.29, 1.82) is 0 Å². The van der Waals surface area contributed by atoms with Crippen LogP contribution in [0.1, 0.15) is 37.0 Å². The van der Waals surface area contributed by atoms with Gasteiger partial charge in [-0.2, -0.15) is 0 Å². The molecule has 0 aliphatic heterocycles. The first-order valence-electron chi connectivity index (χ1n) is 14.8. The highest BCUT2D eigenvalue weighted by Crippen LogP contribution is 2.29. The van der Waals surface area contributed by atoms with Gasteiger partial charge in [0.25, 0.3) is 5.56 Å². The Bertz CT molecular complexity index is 1860. The summed E-state index contributed by atoms with van der Waals surface area (Å²) in [7, 11) is 0. The van der Waals surface area contributed by atoms with Crippen molar-refractivity contribution in [2.24, 2.45) is 22.4 Å². The minimum Gasteiger partial charge on any atom is -0.508 e. The van der Waals surface area contributed by atoms with Gasteiger partial charge in [-0.1, -0.05) is 50.2 Å². The molecule has 4 aromatic carbocycles. The molecular weight excluding hydrogens is 568 g/mol. The summed E-state index contributed by atoms with van der Waals surface area (Å²) < 4.78 is 20.3. The molecule has 0 unspecified atom stereocenters. The zero-order chi connectivity index (χ0) is 31.8. The Kier molecular flexibility index (Phi) is 9.89. The number of benzene rings is 4. The quantitative estimate of drug-likeness (QED) is 0.107. The number of nitrogens with two attached hydrogens (primary N) is 2. The molecule has 1 heterocycles. The molecule has 5 rings (SSSR count). The van der Waals surface area contributed by atoms with E-state index in [0.717, 1.165) is 28.5 Å². The summed E-state index contributed by atoms with van der Waals surface area (Å²) >= 11 is 0. The molecule has 1 aromatic heterocycles. The Hall–Kier alpha value is -5.44. The van der Waals surface area contributed by atoms with Crippen molar-refractivity contribution in [3.05, 3.63) is 124 Å². The van der Waals surface area contributed by atoms with E-state index in [0.29, 0.717) is 47.6 Å². The summed E-state index contributed by atoms with van der Waals surface area (Å²) in [4.78, 5) is 17.2. The van der Waals surface area contributed by atoms with Crippen LogP contribution in [0.3, 0.4) is 0 Å². The summed E-state index contributed by atoms with van der Waals surface area (Å²) in [5.74, 6) is 2.52. The standard InChI is InChI=1S/C36H38N4O5/c1-24(2)14-15-43-31-18-27(19-32(20-31)44-22-26-7-3-9-29(16-26)39-36(37)38)23-45-33-11-5-8-28-12-13-34(42)40(35(28)33)21-25-6-4-10-30(41)17-25/h3-13,16-20,24,41H,14-15,21-23H2,1-2H3,(H4,37,38,39). The molecule has 0 fully saturated rings. The van der Waals surface area contributed by atoms with Gasteiger partial charge in [-0.15, -0.1) is 0 Å². The number of hydrogen-bond acceptors (Lipinski definition) is 6. The fraction of sp³-hybridized carbons (Fsp3) is 0.222. The van der Waals surface area contributed by atoms with E-state index in [9.17, 15) is 9.90 Å². The third-order valence-electron chi connectivity index (χ3n) is 7.10. The molecule has 0 radical (unpaired) electrons. The summed E-state index contributed by atoms with van der Waals surface area (Å²) in [6, 6.07) is 29.1. The van der Waals surface area contributed by atoms with Crippen LogP contribution in [0.5, 0.6) is 23.0 Å². The molecule has 0 saturated heterocycles. The van der Waals surface area contributed by atoms with Crippen LogP contribution in [-0.2, 0) is 19.8 Å². The first-order chi connectivity index (χ1) is 21.7. The molecule has 0 aliphatic rings. The van der Waals surface area contributed by atoms with Crippen molar-refractivity contribution in [1.82, 2.24) is 4.57 Å². The summed E-state index contributed by atoms with van der Waals surface area (Å²) in [5, 5.41) is 10.8. The molecule has 0 spiro atoms. The lowest BCUT2D eigenvalue weighted by atomic mass is 10.1. The van der Waals surface area contributed by atoms with E-state index in [1.54, 1.807) is 34.9 Å². The predicted molar refractivity (Wildman–Crippen MR) is 177 cm³/mol. The average Bonchev–Trinajstić information content (AvgIpc) is 3.00. The number of aliphatic imine (C=N–C) groups is 1. The Morgan fingerprint density at radius 1 is 0.800 bits per heavy atom. The van der Waals surface area contributed by atoms with Crippen LogP contribution >= 0.6 is 0 Å². The lowest BCUT2D eigenvalue weighted by molar-refractivity contribution is 0.275. The van der Waals surface area contributed by atoms with E-state index in [2.05, 4.69) is 18.8 Å². The van der Waals surface area contributed by atoms with Crippen molar-refractivity contribution in [3.8, 4) is 23.0 Å². The smallest absolute Gasteiger partial charge is 0.251 e. The van der Waals surface area contributed by atoms with Crippen molar-refractivity contribution < 1.29 is 19.3 Å². The second-order valence-corrected chi connectivity index (χ2v) is 11.2. The Labute approximate surface area is 262 Å². The SMILES string of the molecule is CC(C)CCOc1cc(COc2cccc3ccc(=O)n(Cc4cccc(O)c4)c23)cc(OCc2cccc(N=C(N)N)c2)c1. The highest BCUT2D eigenvalue weighted by Gasteiger charge is 2.12. The van der Waals surface area contributed by atoms with E-state index in [4.69, 9.17) is 25.7 Å². The summed E-state index contributed by atoms with van der Waals surface area (Å²) in [6.45, 7) is 5.69. The van der Waals surface area contributed by atoms with Gasteiger partial charge in [0.2, 0.25) is 0 Å². The van der Waals surface area contributed by atoms with E-state index in [-0.39, 0.29) is 30.4 Å². The summed E-state index contributed by atoms with van der Waals surface area (Å²) in [5.41, 5.74) is 14.8. The third-order valence-corrected chi connectivity index (χ3v) is 7.10. The second kappa shape index (κ2) is 14.4. The van der Waals surface area contributed by atoms with Gasteiger partial charge in [0.1, 0.15) is 36.2 Å². The minimum atomic E-state index is -0.165. The zero-order valence-electron chi connectivity index (χ0n) is 25.5. The minimum absolute atomic E-state index is 0.00786. The molecule has 9 nitrogen and oxygen atoms in total. The number of phenolic OH excluding ortho intramolecular Hbond substituents is 1. The molecule has 232 valence electrons. The van der Waals surface area contributed by atoms with Gasteiger partial charge >= 0.3 is 0 Å². The fourth-order valence-electron chi connectivity index (χ4n) is 4.92. The fourth-order valence-corrected chi connectivity index (χ4v) is 4.92. The molecule has 45 heavy (non-hydrogen) atoms. The van der Waals surface area contributed by atoms with Gasteiger partial charge < -0.3 is 35.4 Å². The second-order valence-electron chi connectivity index (χ2n) is 11.2. The highest BCUT2D eigenvalue weighted by atomic mass is 16.5. The van der Waals surface area contributed by atoms with Crippen molar-refractivity contribution in [3.63, 3.8) is 0 Å². The number of fused-ring (bicyclic) bond motifs is 1. The van der Waals surface area contributed by atoms with Gasteiger partial charge in [-0.25, -0.2) is 4.99 Å². The van der Waals surface area contributed by atoms with Crippen LogP contribution in [-0.4, -0.2) is 22.2 Å². The maximum Gasteiger partial charge on any atom is 0.251 e. The number of ether oxygens (including phenoxy) is 3. The topological polar surface area (TPSA) is 134 Å². The van der Waals surface area contributed by atoms with Crippen LogP contribution in [0.15, 0.2) is 107 Å². The maximum atomic E-state index is 13.0. The Morgan fingerprint density at radius 3 is 2.31 bits per heavy atom. The van der Waals surface area contributed by atoms with Gasteiger partial charge in [-0.05, 0) is 77.6 Å². The Balaban J connectivity index is 1.40. The van der Waals surface area contributed by atoms with Crippen LogP contribution < -0.4 is 31.2 Å². The van der Waals surface area contributed by atoms with E-state index in [1.165, 1.54) is 0 Å². The van der Waals surface area contributed by atoms with Gasteiger partial charge in [0, 0.05) is 17.5 Å². The molecule has 0 aliphatic carbocycles.